The minimum absolute atomic E-state index is 0.162. The number of methoxy groups -OCH3 is 2. The monoisotopic (exact) mass is 632 g/mol. The summed E-state index contributed by atoms with van der Waals surface area (Å²) in [7, 11) is 2.57. The zero-order valence-electron chi connectivity index (χ0n) is 27.8. The van der Waals surface area contributed by atoms with Gasteiger partial charge in [-0.1, -0.05) is 90.2 Å². The van der Waals surface area contributed by atoms with E-state index in [1.807, 2.05) is 0 Å². The predicted molar refractivity (Wildman–Crippen MR) is 180 cm³/mol. The standard InChI is InChI=1S/C38H48O8/c1-5-7-9-11-13-15-25-45-37-27(19-23-31(39)43-3)17-21-29-33(37)35(41)30-22-18-28(20-24-32(40)44-4)38(34(30)36(29)42)46-26-16-14-12-10-8-6-2/h17-24H,5-16,25-26H2,1-4H3/b23-19+,24-20+. The van der Waals surface area contributed by atoms with Crippen LogP contribution >= 0.6 is 0 Å². The molecule has 0 aromatic heterocycles. The van der Waals surface area contributed by atoms with Crippen molar-refractivity contribution in [3.8, 4) is 11.5 Å². The van der Waals surface area contributed by atoms with Crippen molar-refractivity contribution < 1.29 is 38.1 Å². The Morgan fingerprint density at radius 1 is 0.565 bits per heavy atom. The molecule has 0 N–H and O–H groups in total. The normalized spacial score (nSPS) is 12.3. The molecule has 0 saturated heterocycles. The van der Waals surface area contributed by atoms with Crippen LogP contribution < -0.4 is 9.47 Å². The molecule has 8 heteroatoms. The van der Waals surface area contributed by atoms with Crippen molar-refractivity contribution in [2.75, 3.05) is 27.4 Å². The summed E-state index contributed by atoms with van der Waals surface area (Å²) in [6, 6.07) is 6.51. The number of carbonyl (C=O) groups is 4. The van der Waals surface area contributed by atoms with Crippen LogP contribution in [0.4, 0.5) is 0 Å². The maximum Gasteiger partial charge on any atom is 0.330 e. The minimum atomic E-state index is -0.549. The average Bonchev–Trinajstić information content (AvgIpc) is 3.07. The first kappa shape index (κ1) is 36.3. The van der Waals surface area contributed by atoms with Gasteiger partial charge in [0.05, 0.1) is 38.6 Å². The van der Waals surface area contributed by atoms with Gasteiger partial charge in [-0.05, 0) is 37.1 Å². The fourth-order valence-electron chi connectivity index (χ4n) is 5.43. The van der Waals surface area contributed by atoms with Gasteiger partial charge in [0.2, 0.25) is 0 Å². The third-order valence-electron chi connectivity index (χ3n) is 8.01. The number of benzene rings is 2. The summed E-state index contributed by atoms with van der Waals surface area (Å²) >= 11 is 0. The lowest BCUT2D eigenvalue weighted by atomic mass is 9.81. The van der Waals surface area contributed by atoms with Crippen molar-refractivity contribution in [3.05, 3.63) is 69.8 Å². The van der Waals surface area contributed by atoms with E-state index in [1.165, 1.54) is 51.4 Å². The molecular weight excluding hydrogens is 584 g/mol. The Bertz CT molecular complexity index is 1310. The van der Waals surface area contributed by atoms with Gasteiger partial charge in [-0.3, -0.25) is 9.59 Å². The molecule has 0 aliphatic heterocycles. The second-order valence-electron chi connectivity index (χ2n) is 11.4. The van der Waals surface area contributed by atoms with Crippen LogP contribution in [-0.4, -0.2) is 50.9 Å². The Labute approximate surface area is 273 Å². The highest BCUT2D eigenvalue weighted by Gasteiger charge is 2.36. The Balaban J connectivity index is 2.00. The molecule has 0 saturated carbocycles. The van der Waals surface area contributed by atoms with Crippen LogP contribution in [0.25, 0.3) is 12.2 Å². The number of hydrogen-bond acceptors (Lipinski definition) is 8. The van der Waals surface area contributed by atoms with Crippen molar-refractivity contribution in [1.29, 1.82) is 0 Å². The molecule has 1 aliphatic rings. The fourth-order valence-corrected chi connectivity index (χ4v) is 5.43. The highest BCUT2D eigenvalue weighted by Crippen LogP contribution is 2.41. The quantitative estimate of drug-likeness (QED) is 0.0696. The predicted octanol–water partition coefficient (Wildman–Crippen LogP) is 8.31. The van der Waals surface area contributed by atoms with Crippen molar-refractivity contribution in [3.63, 3.8) is 0 Å². The number of carbonyl (C=O) groups excluding carboxylic acids is 4. The van der Waals surface area contributed by atoms with Crippen molar-refractivity contribution >= 4 is 35.7 Å². The fraction of sp³-hybridized carbons (Fsp3) is 0.474. The van der Waals surface area contributed by atoms with E-state index in [2.05, 4.69) is 13.8 Å². The molecule has 0 spiro atoms. The summed E-state index contributed by atoms with van der Waals surface area (Å²) in [5.74, 6) is -1.31. The molecule has 3 rings (SSSR count). The second-order valence-corrected chi connectivity index (χ2v) is 11.4. The molecule has 0 bridgehead atoms. The third kappa shape index (κ3) is 9.90. The summed E-state index contributed by atoms with van der Waals surface area (Å²) in [5.41, 5.74) is 1.72. The molecule has 2 aromatic carbocycles. The van der Waals surface area contributed by atoms with Gasteiger partial charge in [0.15, 0.2) is 11.6 Å². The summed E-state index contributed by atoms with van der Waals surface area (Å²) in [5, 5.41) is 0. The molecule has 0 radical (unpaired) electrons. The third-order valence-corrected chi connectivity index (χ3v) is 8.01. The molecule has 0 unspecified atom stereocenters. The first-order chi connectivity index (χ1) is 22.4. The van der Waals surface area contributed by atoms with Crippen LogP contribution in [0.1, 0.15) is 134 Å². The molecule has 46 heavy (non-hydrogen) atoms. The summed E-state index contributed by atoms with van der Waals surface area (Å²) in [4.78, 5) is 52.1. The lowest BCUT2D eigenvalue weighted by molar-refractivity contribution is -0.135. The van der Waals surface area contributed by atoms with E-state index < -0.39 is 11.9 Å². The molecule has 248 valence electrons. The molecule has 0 atom stereocenters. The van der Waals surface area contributed by atoms with Gasteiger partial charge in [-0.15, -0.1) is 0 Å². The van der Waals surface area contributed by atoms with Crippen LogP contribution in [-0.2, 0) is 19.1 Å². The zero-order chi connectivity index (χ0) is 33.3. The largest absolute Gasteiger partial charge is 0.492 e. The maximum atomic E-state index is 14.2. The van der Waals surface area contributed by atoms with Crippen LogP contribution in [0.15, 0.2) is 36.4 Å². The average molecular weight is 633 g/mol. The first-order valence-corrected chi connectivity index (χ1v) is 16.6. The molecular formula is C38H48O8. The van der Waals surface area contributed by atoms with Gasteiger partial charge in [0, 0.05) is 34.4 Å². The smallest absolute Gasteiger partial charge is 0.330 e. The van der Waals surface area contributed by atoms with Crippen molar-refractivity contribution in [2.24, 2.45) is 0 Å². The zero-order valence-corrected chi connectivity index (χ0v) is 27.8. The summed E-state index contributed by atoms with van der Waals surface area (Å²) < 4.78 is 21.9. The van der Waals surface area contributed by atoms with E-state index in [1.54, 1.807) is 24.3 Å². The second kappa shape index (κ2) is 19.3. The maximum absolute atomic E-state index is 14.2. The van der Waals surface area contributed by atoms with Crippen molar-refractivity contribution in [2.45, 2.75) is 90.9 Å². The lowest BCUT2D eigenvalue weighted by Crippen LogP contribution is -2.24. The van der Waals surface area contributed by atoms with Gasteiger partial charge < -0.3 is 18.9 Å². The summed E-state index contributed by atoms with van der Waals surface area (Å²) in [6.45, 7) is 5.07. The number of rotatable bonds is 20. The molecule has 0 heterocycles. The van der Waals surface area contributed by atoms with E-state index in [4.69, 9.17) is 18.9 Å². The molecule has 0 fully saturated rings. The van der Waals surface area contributed by atoms with Gasteiger partial charge in [0.1, 0.15) is 11.5 Å². The van der Waals surface area contributed by atoms with E-state index in [0.717, 1.165) is 64.2 Å². The van der Waals surface area contributed by atoms with Gasteiger partial charge in [-0.2, -0.15) is 0 Å². The first-order valence-electron chi connectivity index (χ1n) is 16.6. The topological polar surface area (TPSA) is 105 Å². The van der Waals surface area contributed by atoms with Crippen LogP contribution in [0.3, 0.4) is 0 Å². The number of ether oxygens (including phenoxy) is 4. The van der Waals surface area contributed by atoms with Crippen molar-refractivity contribution in [1.82, 2.24) is 0 Å². The number of ketones is 2. The van der Waals surface area contributed by atoms with Crippen LogP contribution in [0.2, 0.25) is 0 Å². The Morgan fingerprint density at radius 2 is 0.935 bits per heavy atom. The number of esters is 2. The van der Waals surface area contributed by atoms with Gasteiger partial charge >= 0.3 is 11.9 Å². The lowest BCUT2D eigenvalue weighted by Gasteiger charge is -2.24. The van der Waals surface area contributed by atoms with E-state index >= 15 is 0 Å². The van der Waals surface area contributed by atoms with E-state index in [9.17, 15) is 19.2 Å². The highest BCUT2D eigenvalue weighted by atomic mass is 16.5. The molecule has 1 aliphatic carbocycles. The number of hydrogen-bond donors (Lipinski definition) is 0. The Morgan fingerprint density at radius 3 is 1.30 bits per heavy atom. The number of unbranched alkanes of at least 4 members (excludes halogenated alkanes) is 10. The van der Waals surface area contributed by atoms with E-state index in [0.29, 0.717) is 24.3 Å². The Kier molecular flexibility index (Phi) is 15.3. The van der Waals surface area contributed by atoms with Crippen LogP contribution in [0, 0.1) is 0 Å². The molecule has 2 aromatic rings. The van der Waals surface area contributed by atoms with Crippen LogP contribution in [0.5, 0.6) is 11.5 Å². The van der Waals surface area contributed by atoms with Gasteiger partial charge in [0.25, 0.3) is 0 Å². The number of fused-ring (bicyclic) bond motifs is 2. The SMILES string of the molecule is CCCCCCCCOc1c(/C=C/C(=O)OC)ccc2c1C(=O)c1ccc(/C=C/C(=O)OC)c(OCCCCCCCC)c1C2=O. The van der Waals surface area contributed by atoms with Gasteiger partial charge in [-0.25, -0.2) is 9.59 Å². The molecule has 8 nitrogen and oxygen atoms in total. The molecule has 0 amide bonds. The Hall–Kier alpha value is -4.20. The highest BCUT2D eigenvalue weighted by molar-refractivity contribution is 6.30. The van der Waals surface area contributed by atoms with E-state index in [-0.39, 0.29) is 45.3 Å². The summed E-state index contributed by atoms with van der Waals surface area (Å²) in [6.07, 6.45) is 18.4. The minimum Gasteiger partial charge on any atom is -0.492 e.